The summed E-state index contributed by atoms with van der Waals surface area (Å²) < 4.78 is 19.2. The summed E-state index contributed by atoms with van der Waals surface area (Å²) in [6.45, 7) is 8.69. The second-order valence-corrected chi connectivity index (χ2v) is 8.90. The first-order valence-corrected chi connectivity index (χ1v) is 12.1. The molecule has 6 heteroatoms. The lowest BCUT2D eigenvalue weighted by atomic mass is 10.0. The van der Waals surface area contributed by atoms with Gasteiger partial charge in [-0.2, -0.15) is 0 Å². The average molecular weight is 497 g/mol. The van der Waals surface area contributed by atoms with Crippen LogP contribution in [0.1, 0.15) is 43.0 Å². The quantitative estimate of drug-likeness (QED) is 0.177. The molecule has 0 saturated carbocycles. The highest BCUT2D eigenvalue weighted by molar-refractivity contribution is 5.92. The summed E-state index contributed by atoms with van der Waals surface area (Å²) in [5, 5.41) is 0. The van der Waals surface area contributed by atoms with Crippen molar-refractivity contribution in [1.82, 2.24) is 0 Å². The zero-order chi connectivity index (χ0) is 26.4. The summed E-state index contributed by atoms with van der Waals surface area (Å²) in [5.74, 6) is 0.669. The maximum absolute atomic E-state index is 12.9. The van der Waals surface area contributed by atoms with E-state index in [2.05, 4.69) is 0 Å². The molecular formula is C31H30NO5+. The summed E-state index contributed by atoms with van der Waals surface area (Å²) >= 11 is 0. The molecule has 0 spiro atoms. The number of aryl methyl sites for hydroxylation is 2. The van der Waals surface area contributed by atoms with Crippen molar-refractivity contribution in [3.63, 3.8) is 0 Å². The van der Waals surface area contributed by atoms with Crippen LogP contribution >= 0.6 is 0 Å². The van der Waals surface area contributed by atoms with Gasteiger partial charge in [0.15, 0.2) is 18.9 Å². The minimum atomic E-state index is -0.471. The summed E-state index contributed by atoms with van der Waals surface area (Å²) in [4.78, 5) is 25.5. The number of carbonyl (C=O) groups excluding carboxylic acids is 2. The monoisotopic (exact) mass is 496 g/mol. The minimum Gasteiger partial charge on any atom is -0.487 e. The molecule has 188 valence electrons. The Kier molecular flexibility index (Phi) is 7.98. The fraction of sp³-hybridized carbons (Fsp3) is 0.194. The van der Waals surface area contributed by atoms with Crippen molar-refractivity contribution in [3.05, 3.63) is 119 Å². The summed E-state index contributed by atoms with van der Waals surface area (Å²) in [7, 11) is 0. The Bertz CT molecular complexity index is 1390. The minimum absolute atomic E-state index is 0.413. The number of esters is 2. The van der Waals surface area contributed by atoms with Gasteiger partial charge in [-0.05, 0) is 86.8 Å². The fourth-order valence-corrected chi connectivity index (χ4v) is 3.82. The van der Waals surface area contributed by atoms with Crippen LogP contribution in [-0.4, -0.2) is 18.5 Å². The first-order valence-electron chi connectivity index (χ1n) is 12.1. The lowest BCUT2D eigenvalue weighted by Crippen LogP contribution is -2.35. The molecular weight excluding hydrogens is 466 g/mol. The Morgan fingerprint density at radius 1 is 0.730 bits per heavy atom. The summed E-state index contributed by atoms with van der Waals surface area (Å²) in [5.41, 5.74) is 4.11. The first kappa shape index (κ1) is 25.6. The average Bonchev–Trinajstić information content (AvgIpc) is 2.91. The third-order valence-corrected chi connectivity index (χ3v) is 6.15. The number of benzene rings is 3. The van der Waals surface area contributed by atoms with Crippen LogP contribution in [0.4, 0.5) is 0 Å². The molecule has 1 aromatic heterocycles. The SMILES string of the molecule is Cc1ccc(C(=O)Oc2cc(C)c(OC(=O)c3ccc(OCC[n+]4ccccc4)cc3)c(C)c2C)cc1. The smallest absolute Gasteiger partial charge is 0.343 e. The molecule has 4 rings (SSSR count). The number of hydrogen-bond acceptors (Lipinski definition) is 5. The Hall–Kier alpha value is -4.45. The topological polar surface area (TPSA) is 65.7 Å². The number of pyridine rings is 1. The predicted molar refractivity (Wildman–Crippen MR) is 140 cm³/mol. The molecule has 37 heavy (non-hydrogen) atoms. The largest absolute Gasteiger partial charge is 0.487 e. The molecule has 6 nitrogen and oxygen atoms in total. The van der Waals surface area contributed by atoms with Gasteiger partial charge >= 0.3 is 11.9 Å². The van der Waals surface area contributed by atoms with E-state index in [1.165, 1.54) is 0 Å². The maximum Gasteiger partial charge on any atom is 0.343 e. The van der Waals surface area contributed by atoms with E-state index in [-0.39, 0.29) is 0 Å². The fourth-order valence-electron chi connectivity index (χ4n) is 3.82. The van der Waals surface area contributed by atoms with Crippen LogP contribution < -0.4 is 18.8 Å². The van der Waals surface area contributed by atoms with E-state index >= 15 is 0 Å². The van der Waals surface area contributed by atoms with Crippen LogP contribution in [0.15, 0.2) is 85.2 Å². The summed E-state index contributed by atoms with van der Waals surface area (Å²) in [6.07, 6.45) is 3.96. The molecule has 0 aliphatic rings. The van der Waals surface area contributed by atoms with Crippen molar-refractivity contribution in [3.8, 4) is 17.2 Å². The number of ether oxygens (including phenoxy) is 3. The zero-order valence-corrected chi connectivity index (χ0v) is 21.5. The van der Waals surface area contributed by atoms with E-state index in [0.29, 0.717) is 40.5 Å². The van der Waals surface area contributed by atoms with Gasteiger partial charge in [0.1, 0.15) is 23.9 Å². The van der Waals surface area contributed by atoms with Crippen molar-refractivity contribution in [2.75, 3.05) is 6.61 Å². The standard InChI is InChI=1S/C31H30NO5/c1-21-8-10-25(11-9-21)30(33)36-28-20-22(2)29(24(4)23(28)3)37-31(34)26-12-14-27(15-13-26)35-19-18-32-16-6-5-7-17-32/h5-17,20H,18-19H2,1-4H3/q+1. The van der Waals surface area contributed by atoms with Crippen molar-refractivity contribution < 1.29 is 28.4 Å². The molecule has 4 aromatic rings. The predicted octanol–water partition coefficient (Wildman–Crippen LogP) is 5.73. The van der Waals surface area contributed by atoms with Gasteiger partial charge in [-0.25, -0.2) is 14.2 Å². The van der Waals surface area contributed by atoms with Gasteiger partial charge in [-0.1, -0.05) is 23.8 Å². The van der Waals surface area contributed by atoms with E-state index in [9.17, 15) is 9.59 Å². The van der Waals surface area contributed by atoms with E-state index in [1.807, 2.05) is 75.0 Å². The van der Waals surface area contributed by atoms with Gasteiger partial charge in [0.2, 0.25) is 0 Å². The lowest BCUT2D eigenvalue weighted by Gasteiger charge is -2.16. The molecule has 0 saturated heterocycles. The molecule has 0 N–H and O–H groups in total. The third kappa shape index (κ3) is 6.41. The van der Waals surface area contributed by atoms with E-state index < -0.39 is 11.9 Å². The van der Waals surface area contributed by atoms with Crippen LogP contribution in [0.5, 0.6) is 17.2 Å². The Balaban J connectivity index is 1.40. The molecule has 0 fully saturated rings. The van der Waals surface area contributed by atoms with Crippen molar-refractivity contribution >= 4 is 11.9 Å². The molecule has 0 radical (unpaired) electrons. The lowest BCUT2D eigenvalue weighted by molar-refractivity contribution is -0.697. The van der Waals surface area contributed by atoms with Crippen LogP contribution in [0.3, 0.4) is 0 Å². The van der Waals surface area contributed by atoms with Crippen LogP contribution in [0.2, 0.25) is 0 Å². The second kappa shape index (κ2) is 11.5. The highest BCUT2D eigenvalue weighted by atomic mass is 16.5. The number of aromatic nitrogens is 1. The van der Waals surface area contributed by atoms with Gasteiger partial charge in [-0.15, -0.1) is 0 Å². The number of hydrogen-bond donors (Lipinski definition) is 0. The first-order chi connectivity index (χ1) is 17.8. The molecule has 3 aromatic carbocycles. The third-order valence-electron chi connectivity index (χ3n) is 6.15. The molecule has 0 bridgehead atoms. The van der Waals surface area contributed by atoms with Crippen LogP contribution in [-0.2, 0) is 6.54 Å². The number of carbonyl (C=O) groups is 2. The zero-order valence-electron chi connectivity index (χ0n) is 21.5. The van der Waals surface area contributed by atoms with E-state index in [0.717, 1.165) is 23.2 Å². The Morgan fingerprint density at radius 3 is 1.97 bits per heavy atom. The Morgan fingerprint density at radius 2 is 1.32 bits per heavy atom. The number of nitrogens with zero attached hydrogens (tertiary/aromatic N) is 1. The second-order valence-electron chi connectivity index (χ2n) is 8.90. The van der Waals surface area contributed by atoms with Gasteiger partial charge < -0.3 is 14.2 Å². The van der Waals surface area contributed by atoms with Crippen molar-refractivity contribution in [1.29, 1.82) is 0 Å². The normalized spacial score (nSPS) is 10.6. The van der Waals surface area contributed by atoms with E-state index in [1.54, 1.807) is 42.5 Å². The molecule has 0 aliphatic heterocycles. The van der Waals surface area contributed by atoms with Gasteiger partial charge in [0, 0.05) is 12.1 Å². The Labute approximate surface area is 217 Å². The van der Waals surface area contributed by atoms with Crippen molar-refractivity contribution in [2.45, 2.75) is 34.2 Å². The van der Waals surface area contributed by atoms with Gasteiger partial charge in [-0.3, -0.25) is 0 Å². The van der Waals surface area contributed by atoms with Crippen LogP contribution in [0, 0.1) is 27.7 Å². The molecule has 1 heterocycles. The van der Waals surface area contributed by atoms with E-state index in [4.69, 9.17) is 14.2 Å². The van der Waals surface area contributed by atoms with Gasteiger partial charge in [0.05, 0.1) is 11.1 Å². The molecule has 0 unspecified atom stereocenters. The number of rotatable bonds is 8. The molecule has 0 atom stereocenters. The molecule has 0 amide bonds. The molecule has 0 aliphatic carbocycles. The highest BCUT2D eigenvalue weighted by Crippen LogP contribution is 2.34. The summed E-state index contributed by atoms with van der Waals surface area (Å²) in [6, 6.07) is 21.7. The highest BCUT2D eigenvalue weighted by Gasteiger charge is 2.19. The van der Waals surface area contributed by atoms with Crippen LogP contribution in [0.25, 0.3) is 0 Å². The van der Waals surface area contributed by atoms with Gasteiger partial charge in [0.25, 0.3) is 0 Å². The maximum atomic E-state index is 12.9. The van der Waals surface area contributed by atoms with Crippen molar-refractivity contribution in [2.24, 2.45) is 0 Å².